The molecule has 5 heteroatoms. The van der Waals surface area contributed by atoms with Crippen molar-refractivity contribution in [2.24, 2.45) is 0 Å². The molecule has 0 heterocycles. The number of carboxylic acid groups (broad SMARTS) is 1. The number of rotatable bonds is 3. The second-order valence-corrected chi connectivity index (χ2v) is 2.53. The Balaban J connectivity index is 3.48. The minimum atomic E-state index is -2.53. The Morgan fingerprint density at radius 2 is 2.22 bits per heavy atom. The molecule has 2 N–H and O–H groups in total. The molecule has 0 radical (unpaired) electrons. The molecule has 0 rings (SSSR count). The summed E-state index contributed by atoms with van der Waals surface area (Å²) in [4.78, 5) is 17.9. The van der Waals surface area contributed by atoms with Crippen LogP contribution < -0.4 is 0 Å². The molecular formula is C4H7O4P. The van der Waals surface area contributed by atoms with Gasteiger partial charge in [0.25, 0.3) is 0 Å². The first kappa shape index (κ1) is 8.40. The van der Waals surface area contributed by atoms with E-state index in [1.54, 1.807) is 0 Å². The van der Waals surface area contributed by atoms with Crippen molar-refractivity contribution >= 4 is 14.0 Å². The molecule has 9 heavy (non-hydrogen) atoms. The number of carboxylic acids is 1. The van der Waals surface area contributed by atoms with Gasteiger partial charge < -0.3 is 10.00 Å². The number of aliphatic carboxylic acids is 1. The van der Waals surface area contributed by atoms with Crippen molar-refractivity contribution in [1.29, 1.82) is 0 Å². The first-order valence-electron chi connectivity index (χ1n) is 2.24. The highest BCUT2D eigenvalue weighted by molar-refractivity contribution is 7.38. The van der Waals surface area contributed by atoms with Crippen molar-refractivity contribution in [2.75, 3.05) is 6.16 Å². The first-order chi connectivity index (χ1) is 4.13. The highest BCUT2D eigenvalue weighted by Crippen LogP contribution is 2.10. The van der Waals surface area contributed by atoms with Crippen molar-refractivity contribution in [3.63, 3.8) is 0 Å². The summed E-state index contributed by atoms with van der Waals surface area (Å²) in [6.45, 7) is 0. The lowest BCUT2D eigenvalue weighted by Crippen LogP contribution is -1.85. The van der Waals surface area contributed by atoms with E-state index in [9.17, 15) is 9.36 Å². The zero-order valence-corrected chi connectivity index (χ0v) is 5.57. The van der Waals surface area contributed by atoms with Crippen molar-refractivity contribution in [2.45, 2.75) is 0 Å². The molecule has 52 valence electrons. The zero-order chi connectivity index (χ0) is 7.28. The van der Waals surface area contributed by atoms with Crippen LogP contribution >= 0.6 is 8.03 Å². The van der Waals surface area contributed by atoms with E-state index in [1.807, 2.05) is 0 Å². The average molecular weight is 150 g/mol. The van der Waals surface area contributed by atoms with Gasteiger partial charge in [-0.1, -0.05) is 6.08 Å². The van der Waals surface area contributed by atoms with Gasteiger partial charge in [0, 0.05) is 12.2 Å². The molecule has 4 nitrogen and oxygen atoms in total. The topological polar surface area (TPSA) is 74.6 Å². The van der Waals surface area contributed by atoms with Gasteiger partial charge >= 0.3 is 5.97 Å². The Labute approximate surface area is 52.7 Å². The van der Waals surface area contributed by atoms with Crippen LogP contribution in [0.2, 0.25) is 0 Å². The molecule has 0 bridgehead atoms. The summed E-state index contributed by atoms with van der Waals surface area (Å²) in [6, 6.07) is 0. The van der Waals surface area contributed by atoms with E-state index in [1.165, 1.54) is 0 Å². The van der Waals surface area contributed by atoms with Crippen LogP contribution in [0.1, 0.15) is 0 Å². The number of carbonyl (C=O) groups is 1. The lowest BCUT2D eigenvalue weighted by Gasteiger charge is -1.81. The van der Waals surface area contributed by atoms with Gasteiger partial charge in [-0.05, 0) is 0 Å². The van der Waals surface area contributed by atoms with Gasteiger partial charge in [0.05, 0.1) is 0 Å². The minimum Gasteiger partial charge on any atom is -0.478 e. The maximum Gasteiger partial charge on any atom is 0.327 e. The van der Waals surface area contributed by atoms with Crippen LogP contribution in [-0.4, -0.2) is 22.1 Å². The van der Waals surface area contributed by atoms with Crippen LogP contribution in [0.15, 0.2) is 12.2 Å². The lowest BCUT2D eigenvalue weighted by atomic mass is 10.5. The third-order valence-corrected chi connectivity index (χ3v) is 1.14. The summed E-state index contributed by atoms with van der Waals surface area (Å²) in [6.07, 6.45) is 1.94. The van der Waals surface area contributed by atoms with E-state index in [0.717, 1.165) is 12.2 Å². The van der Waals surface area contributed by atoms with E-state index in [-0.39, 0.29) is 6.16 Å². The van der Waals surface area contributed by atoms with E-state index in [0.29, 0.717) is 0 Å². The molecule has 0 aliphatic carbocycles. The van der Waals surface area contributed by atoms with E-state index < -0.39 is 14.0 Å². The van der Waals surface area contributed by atoms with Gasteiger partial charge in [0.15, 0.2) is 8.03 Å². The van der Waals surface area contributed by atoms with Gasteiger partial charge in [0.2, 0.25) is 0 Å². The molecule has 0 saturated heterocycles. The van der Waals surface area contributed by atoms with E-state index in [2.05, 4.69) is 0 Å². The predicted molar refractivity (Wildman–Crippen MR) is 32.9 cm³/mol. The summed E-state index contributed by atoms with van der Waals surface area (Å²) in [5.41, 5.74) is 0. The molecule has 1 unspecified atom stereocenters. The normalized spacial score (nSPS) is 13.9. The van der Waals surface area contributed by atoms with Crippen LogP contribution in [0.25, 0.3) is 0 Å². The fourth-order valence-electron chi connectivity index (χ4n) is 0.261. The smallest absolute Gasteiger partial charge is 0.327 e. The first-order valence-corrected chi connectivity index (χ1v) is 3.80. The second kappa shape index (κ2) is 4.30. The zero-order valence-electron chi connectivity index (χ0n) is 4.57. The van der Waals surface area contributed by atoms with Gasteiger partial charge in [-0.2, -0.15) is 0 Å². The third-order valence-electron chi connectivity index (χ3n) is 0.553. The highest BCUT2D eigenvalue weighted by atomic mass is 31.1. The van der Waals surface area contributed by atoms with Crippen molar-refractivity contribution in [3.05, 3.63) is 12.2 Å². The van der Waals surface area contributed by atoms with Gasteiger partial charge in [-0.25, -0.2) is 4.79 Å². The van der Waals surface area contributed by atoms with E-state index >= 15 is 0 Å². The summed E-state index contributed by atoms with van der Waals surface area (Å²) < 4.78 is 9.92. The molecule has 0 aliphatic rings. The fourth-order valence-corrected chi connectivity index (χ4v) is 0.580. The number of allylic oxidation sites excluding steroid dienone is 1. The lowest BCUT2D eigenvalue weighted by molar-refractivity contribution is -0.131. The summed E-state index contributed by atoms with van der Waals surface area (Å²) in [7, 11) is -2.53. The standard InChI is InChI=1S/C4H7O4P/c5-4(6)2-1-3-9(7)8/h1-2,9H,3H2,(H,5,6)(H,7,8). The Kier molecular flexibility index (Phi) is 4.01. The molecule has 0 aliphatic heterocycles. The van der Waals surface area contributed by atoms with E-state index in [4.69, 9.17) is 10.00 Å². The van der Waals surface area contributed by atoms with Crippen LogP contribution in [0.5, 0.6) is 0 Å². The van der Waals surface area contributed by atoms with Crippen molar-refractivity contribution in [1.82, 2.24) is 0 Å². The summed E-state index contributed by atoms with van der Waals surface area (Å²) in [5, 5.41) is 7.97. The predicted octanol–water partition coefficient (Wildman–Crippen LogP) is 0.0942. The second-order valence-electron chi connectivity index (χ2n) is 1.34. The minimum absolute atomic E-state index is 0.0586. The fraction of sp³-hybridized carbons (Fsp3) is 0.250. The molecule has 0 fully saturated rings. The molecule has 0 aromatic heterocycles. The van der Waals surface area contributed by atoms with Gasteiger partial charge in [-0.15, -0.1) is 0 Å². The maximum absolute atomic E-state index is 9.92. The Morgan fingerprint density at radius 3 is 2.56 bits per heavy atom. The van der Waals surface area contributed by atoms with Crippen molar-refractivity contribution in [3.8, 4) is 0 Å². The SMILES string of the molecule is O=C(O)C=CC[PH](=O)O. The van der Waals surface area contributed by atoms with Gasteiger partial charge in [-0.3, -0.25) is 4.57 Å². The van der Waals surface area contributed by atoms with Gasteiger partial charge in [0.1, 0.15) is 0 Å². The largest absolute Gasteiger partial charge is 0.478 e. The quantitative estimate of drug-likeness (QED) is 0.441. The molecule has 1 atom stereocenters. The van der Waals surface area contributed by atoms with Crippen LogP contribution in [0.3, 0.4) is 0 Å². The highest BCUT2D eigenvalue weighted by Gasteiger charge is 1.87. The molecule has 0 amide bonds. The molecule has 0 saturated carbocycles. The van der Waals surface area contributed by atoms with Crippen LogP contribution in [-0.2, 0) is 9.36 Å². The molecular weight excluding hydrogens is 143 g/mol. The Hall–Kier alpha value is -0.600. The number of hydrogen-bond acceptors (Lipinski definition) is 2. The Morgan fingerprint density at radius 1 is 1.67 bits per heavy atom. The number of hydrogen-bond donors (Lipinski definition) is 2. The summed E-state index contributed by atoms with van der Waals surface area (Å²) in [5.74, 6) is -1.10. The molecule has 0 aromatic rings. The third kappa shape index (κ3) is 7.40. The monoisotopic (exact) mass is 150 g/mol. The molecule has 0 aromatic carbocycles. The maximum atomic E-state index is 9.92. The Bertz CT molecular complexity index is 151. The van der Waals surface area contributed by atoms with Crippen molar-refractivity contribution < 1.29 is 19.4 Å². The average Bonchev–Trinajstić information content (AvgIpc) is 1.63. The van der Waals surface area contributed by atoms with Crippen LogP contribution in [0.4, 0.5) is 0 Å². The summed E-state index contributed by atoms with van der Waals surface area (Å²) >= 11 is 0. The van der Waals surface area contributed by atoms with Crippen LogP contribution in [0, 0.1) is 0 Å². The molecule has 0 spiro atoms.